The molecule has 0 aromatic heterocycles. The van der Waals surface area contributed by atoms with E-state index in [-0.39, 0.29) is 35.0 Å². The van der Waals surface area contributed by atoms with Crippen LogP contribution in [-0.2, 0) is 23.9 Å². The van der Waals surface area contributed by atoms with Gasteiger partial charge in [-0.2, -0.15) is 0 Å². The van der Waals surface area contributed by atoms with Gasteiger partial charge in [-0.05, 0) is 61.7 Å². The SMILES string of the molecule is CO/N=C1\C(OC(C)=O)CC2C3CC=C4CC(OC(C)=O)CCC4(C)C3CCC12C. The molecule has 0 aliphatic heterocycles. The number of carbonyl (C=O) groups is 2. The van der Waals surface area contributed by atoms with E-state index < -0.39 is 0 Å². The molecule has 0 spiro atoms. The van der Waals surface area contributed by atoms with Crippen LogP contribution in [0, 0.1) is 28.6 Å². The lowest BCUT2D eigenvalue weighted by Crippen LogP contribution is -2.50. The molecule has 0 heterocycles. The molecule has 7 atom stereocenters. The summed E-state index contributed by atoms with van der Waals surface area (Å²) in [5, 5.41) is 4.36. The molecule has 0 aromatic rings. The third-order valence-electron chi connectivity index (χ3n) is 8.64. The predicted molar refractivity (Wildman–Crippen MR) is 113 cm³/mol. The molecule has 6 heteroatoms. The fourth-order valence-corrected chi connectivity index (χ4v) is 7.31. The van der Waals surface area contributed by atoms with Crippen LogP contribution >= 0.6 is 0 Å². The van der Waals surface area contributed by atoms with Gasteiger partial charge in [0.1, 0.15) is 25.0 Å². The molecule has 3 fully saturated rings. The maximum absolute atomic E-state index is 11.7. The van der Waals surface area contributed by atoms with Crippen LogP contribution in [0.1, 0.15) is 72.6 Å². The van der Waals surface area contributed by atoms with Gasteiger partial charge in [-0.25, -0.2) is 0 Å². The van der Waals surface area contributed by atoms with E-state index >= 15 is 0 Å². The number of oxime groups is 1. The minimum atomic E-state index is -0.283. The molecule has 0 saturated heterocycles. The number of hydrogen-bond donors (Lipinski definition) is 0. The van der Waals surface area contributed by atoms with Crippen LogP contribution in [0.2, 0.25) is 0 Å². The predicted octanol–water partition coefficient (Wildman–Crippen LogP) is 4.42. The van der Waals surface area contributed by atoms with E-state index in [1.807, 2.05) is 0 Å². The van der Waals surface area contributed by atoms with E-state index in [0.29, 0.717) is 17.8 Å². The average Bonchev–Trinajstić information content (AvgIpc) is 2.93. The maximum atomic E-state index is 11.7. The molecule has 0 aromatic carbocycles. The molecule has 4 aliphatic rings. The van der Waals surface area contributed by atoms with Gasteiger partial charge in [0.15, 0.2) is 0 Å². The Bertz CT molecular complexity index is 788. The Morgan fingerprint density at radius 2 is 1.73 bits per heavy atom. The Kier molecular flexibility index (Phi) is 5.48. The number of hydrogen-bond acceptors (Lipinski definition) is 6. The molecular weight excluding hydrogens is 382 g/mol. The zero-order valence-electron chi connectivity index (χ0n) is 18.9. The number of rotatable bonds is 3. The van der Waals surface area contributed by atoms with Crippen LogP contribution in [0.4, 0.5) is 0 Å². The number of carbonyl (C=O) groups excluding carboxylic acids is 2. The second kappa shape index (κ2) is 7.69. The first-order valence-corrected chi connectivity index (χ1v) is 11.3. The number of ether oxygens (including phenoxy) is 2. The smallest absolute Gasteiger partial charge is 0.303 e. The van der Waals surface area contributed by atoms with Gasteiger partial charge < -0.3 is 14.3 Å². The number of nitrogens with zero attached hydrogens (tertiary/aromatic N) is 1. The monoisotopic (exact) mass is 417 g/mol. The van der Waals surface area contributed by atoms with Gasteiger partial charge in [-0.1, -0.05) is 30.7 Å². The second-order valence-corrected chi connectivity index (χ2v) is 10.2. The molecule has 0 N–H and O–H groups in total. The summed E-state index contributed by atoms with van der Waals surface area (Å²) in [4.78, 5) is 28.3. The normalized spacial score (nSPS) is 43.7. The van der Waals surface area contributed by atoms with E-state index in [1.165, 1.54) is 19.4 Å². The van der Waals surface area contributed by atoms with Crippen LogP contribution in [-0.4, -0.2) is 37.0 Å². The highest BCUT2D eigenvalue weighted by Gasteiger charge is 2.61. The minimum Gasteiger partial charge on any atom is -0.462 e. The van der Waals surface area contributed by atoms with Crippen LogP contribution in [0.3, 0.4) is 0 Å². The van der Waals surface area contributed by atoms with Crippen molar-refractivity contribution in [3.05, 3.63) is 11.6 Å². The van der Waals surface area contributed by atoms with Crippen LogP contribution in [0.15, 0.2) is 16.8 Å². The molecule has 0 amide bonds. The number of esters is 2. The largest absolute Gasteiger partial charge is 0.462 e. The summed E-state index contributed by atoms with van der Waals surface area (Å²) >= 11 is 0. The molecule has 3 saturated carbocycles. The molecule has 166 valence electrons. The first kappa shape index (κ1) is 21.4. The van der Waals surface area contributed by atoms with Gasteiger partial charge >= 0.3 is 11.9 Å². The lowest BCUT2D eigenvalue weighted by atomic mass is 9.48. The van der Waals surface area contributed by atoms with E-state index in [2.05, 4.69) is 25.1 Å². The number of fused-ring (bicyclic) bond motifs is 5. The van der Waals surface area contributed by atoms with Gasteiger partial charge in [0.05, 0.1) is 0 Å². The Morgan fingerprint density at radius 3 is 2.40 bits per heavy atom. The third-order valence-corrected chi connectivity index (χ3v) is 8.64. The van der Waals surface area contributed by atoms with E-state index in [4.69, 9.17) is 14.3 Å². The Labute approximate surface area is 179 Å². The molecule has 0 radical (unpaired) electrons. The molecule has 4 rings (SSSR count). The topological polar surface area (TPSA) is 74.2 Å². The van der Waals surface area contributed by atoms with Gasteiger partial charge in [-0.15, -0.1) is 0 Å². The Balaban J connectivity index is 1.61. The minimum absolute atomic E-state index is 0.0208. The zero-order chi connectivity index (χ0) is 21.7. The highest BCUT2D eigenvalue weighted by molar-refractivity contribution is 5.97. The molecule has 4 aliphatic carbocycles. The van der Waals surface area contributed by atoms with E-state index in [1.54, 1.807) is 7.11 Å². The Hall–Kier alpha value is -1.85. The summed E-state index contributed by atoms with van der Waals surface area (Å²) in [6, 6.07) is 0. The van der Waals surface area contributed by atoms with Crippen LogP contribution in [0.25, 0.3) is 0 Å². The maximum Gasteiger partial charge on any atom is 0.303 e. The van der Waals surface area contributed by atoms with Crippen molar-refractivity contribution in [2.24, 2.45) is 33.7 Å². The summed E-state index contributed by atoms with van der Waals surface area (Å²) in [5.41, 5.74) is 2.46. The van der Waals surface area contributed by atoms with Crippen LogP contribution < -0.4 is 0 Å². The highest BCUT2D eigenvalue weighted by atomic mass is 16.6. The molecule has 0 bridgehead atoms. The lowest BCUT2D eigenvalue weighted by Gasteiger charge is -2.57. The fraction of sp³-hybridized carbons (Fsp3) is 0.792. The van der Waals surface area contributed by atoms with Gasteiger partial charge in [0.25, 0.3) is 0 Å². The van der Waals surface area contributed by atoms with E-state index in [9.17, 15) is 9.59 Å². The van der Waals surface area contributed by atoms with Crippen LogP contribution in [0.5, 0.6) is 0 Å². The summed E-state index contributed by atoms with van der Waals surface area (Å²) in [6.45, 7) is 7.68. The van der Waals surface area contributed by atoms with E-state index in [0.717, 1.165) is 50.7 Å². The molecule has 6 nitrogen and oxygen atoms in total. The highest BCUT2D eigenvalue weighted by Crippen LogP contribution is 2.64. The number of allylic oxidation sites excluding steroid dienone is 1. The van der Waals surface area contributed by atoms with Crippen molar-refractivity contribution < 1.29 is 23.9 Å². The summed E-state index contributed by atoms with van der Waals surface area (Å²) < 4.78 is 11.2. The quantitative estimate of drug-likeness (QED) is 0.386. The first-order chi connectivity index (χ1) is 14.2. The average molecular weight is 418 g/mol. The Morgan fingerprint density at radius 1 is 1.03 bits per heavy atom. The summed E-state index contributed by atoms with van der Waals surface area (Å²) in [5.74, 6) is 1.14. The van der Waals surface area contributed by atoms with Crippen molar-refractivity contribution in [2.45, 2.75) is 84.8 Å². The van der Waals surface area contributed by atoms with Gasteiger partial charge in [0, 0.05) is 25.7 Å². The van der Waals surface area contributed by atoms with Crippen molar-refractivity contribution in [3.63, 3.8) is 0 Å². The van der Waals surface area contributed by atoms with Gasteiger partial charge in [0.2, 0.25) is 0 Å². The molecular formula is C24H35NO5. The van der Waals surface area contributed by atoms with Crippen molar-refractivity contribution in [3.8, 4) is 0 Å². The third kappa shape index (κ3) is 3.36. The molecule has 7 unspecified atom stereocenters. The second-order valence-electron chi connectivity index (χ2n) is 10.2. The van der Waals surface area contributed by atoms with Crippen molar-refractivity contribution in [1.82, 2.24) is 0 Å². The fourth-order valence-electron chi connectivity index (χ4n) is 7.31. The van der Waals surface area contributed by atoms with Gasteiger partial charge in [-0.3, -0.25) is 9.59 Å². The standard InChI is InChI=1S/C24H35NO5/c1-14(26)29-17-8-10-23(3)16(12-17)6-7-18-19(23)9-11-24(4)20(18)13-21(30-15(2)27)22(24)25-28-5/h6,17-21H,7-13H2,1-5H3/b25-22+. The zero-order valence-corrected chi connectivity index (χ0v) is 18.9. The first-order valence-electron chi connectivity index (χ1n) is 11.3. The summed E-state index contributed by atoms with van der Waals surface area (Å²) in [6.07, 6.45) is 9.07. The van der Waals surface area contributed by atoms with Crippen molar-refractivity contribution in [2.75, 3.05) is 7.11 Å². The lowest BCUT2D eigenvalue weighted by molar-refractivity contribution is -0.148. The van der Waals surface area contributed by atoms with Crippen molar-refractivity contribution in [1.29, 1.82) is 0 Å². The molecule has 30 heavy (non-hydrogen) atoms. The summed E-state index contributed by atoms with van der Waals surface area (Å²) in [7, 11) is 1.57. The van der Waals surface area contributed by atoms with Crippen molar-refractivity contribution >= 4 is 17.7 Å².